The van der Waals surface area contributed by atoms with E-state index >= 15 is 0 Å². The van der Waals surface area contributed by atoms with E-state index in [1.54, 1.807) is 18.2 Å². The number of amides is 1. The molecule has 2 aliphatic heterocycles. The van der Waals surface area contributed by atoms with Gasteiger partial charge in [0.25, 0.3) is 5.91 Å². The van der Waals surface area contributed by atoms with Gasteiger partial charge in [0.1, 0.15) is 11.3 Å². The van der Waals surface area contributed by atoms with Crippen LogP contribution >= 0.6 is 0 Å². The number of nitrogens with one attached hydrogen (secondary N) is 1. The van der Waals surface area contributed by atoms with Crippen LogP contribution in [0.2, 0.25) is 0 Å². The smallest absolute Gasteiger partial charge is 0.257 e. The Hall–Kier alpha value is -1.41. The Labute approximate surface area is 130 Å². The largest absolute Gasteiger partial charge is 0.361 e. The Balaban J connectivity index is 1.71. The maximum Gasteiger partial charge on any atom is 0.257 e. The number of aromatic nitrogens is 1. The van der Waals surface area contributed by atoms with E-state index in [4.69, 9.17) is 4.52 Å². The summed E-state index contributed by atoms with van der Waals surface area (Å²) in [5.41, 5.74) is 1.06. The molecule has 8 heteroatoms. The molecule has 22 heavy (non-hydrogen) atoms. The lowest BCUT2D eigenvalue weighted by Gasteiger charge is -2.37. The minimum absolute atomic E-state index is 0.00306. The third-order valence-corrected chi connectivity index (χ3v) is 6.01. The number of carbonyl (C=O) groups excluding carboxylic acids is 1. The van der Waals surface area contributed by atoms with Gasteiger partial charge in [0.2, 0.25) is 10.0 Å². The first-order valence-corrected chi connectivity index (χ1v) is 9.34. The Morgan fingerprint density at radius 2 is 1.86 bits per heavy atom. The second-order valence-electron chi connectivity index (χ2n) is 6.32. The van der Waals surface area contributed by atoms with Crippen LogP contribution in [0.5, 0.6) is 0 Å². The molecule has 1 amide bonds. The van der Waals surface area contributed by atoms with E-state index in [0.717, 1.165) is 12.8 Å². The van der Waals surface area contributed by atoms with E-state index in [-0.39, 0.29) is 24.0 Å². The summed E-state index contributed by atoms with van der Waals surface area (Å²) < 4.78 is 30.4. The van der Waals surface area contributed by atoms with Gasteiger partial charge in [-0.3, -0.25) is 4.79 Å². The quantitative estimate of drug-likeness (QED) is 0.893. The minimum atomic E-state index is -3.17. The van der Waals surface area contributed by atoms with Crippen molar-refractivity contribution in [2.24, 2.45) is 0 Å². The number of rotatable bonds is 3. The molecule has 2 fully saturated rings. The van der Waals surface area contributed by atoms with Crippen LogP contribution in [0.25, 0.3) is 0 Å². The molecule has 0 aromatic carbocycles. The molecule has 1 aromatic rings. The average molecular weight is 327 g/mol. The minimum Gasteiger partial charge on any atom is -0.361 e. The van der Waals surface area contributed by atoms with Crippen LogP contribution in [0.1, 0.15) is 47.5 Å². The van der Waals surface area contributed by atoms with Gasteiger partial charge in [0.15, 0.2) is 0 Å². The number of aryl methyl sites for hydroxylation is 2. The first-order valence-electron chi connectivity index (χ1n) is 7.49. The number of nitrogens with zero attached hydrogens (tertiary/aromatic N) is 2. The molecule has 1 N–H and O–H groups in total. The number of sulfonamides is 1. The van der Waals surface area contributed by atoms with Crippen molar-refractivity contribution in [1.29, 1.82) is 0 Å². The zero-order valence-corrected chi connectivity index (χ0v) is 13.8. The molecule has 3 rings (SSSR count). The van der Waals surface area contributed by atoms with Gasteiger partial charge in [-0.15, -0.1) is 0 Å². The highest BCUT2D eigenvalue weighted by molar-refractivity contribution is 7.88. The van der Waals surface area contributed by atoms with Gasteiger partial charge >= 0.3 is 0 Å². The predicted molar refractivity (Wildman–Crippen MR) is 80.0 cm³/mol. The molecule has 2 aliphatic rings. The number of hydrogen-bond acceptors (Lipinski definition) is 5. The van der Waals surface area contributed by atoms with Crippen LogP contribution < -0.4 is 5.32 Å². The maximum absolute atomic E-state index is 12.4. The molecular formula is C14H21N3O4S. The van der Waals surface area contributed by atoms with Gasteiger partial charge in [-0.05, 0) is 39.5 Å². The third kappa shape index (κ3) is 2.65. The fourth-order valence-corrected chi connectivity index (χ4v) is 5.32. The molecule has 122 valence electrons. The molecule has 0 aliphatic carbocycles. The van der Waals surface area contributed by atoms with Crippen LogP contribution in [0.3, 0.4) is 0 Å². The standard InChI is InChI=1S/C14H21N3O4S/c1-8-13(9(2)21-16-8)14(18)15-10-6-11-4-5-12(7-10)17(11)22(3,19)20/h10-12H,4-7H2,1-3H3,(H,15,18)/t10?,11-,12+. The summed E-state index contributed by atoms with van der Waals surface area (Å²) >= 11 is 0. The van der Waals surface area contributed by atoms with Crippen LogP contribution in [-0.4, -0.2) is 48.2 Å². The SMILES string of the molecule is Cc1noc(C)c1C(=O)NC1C[C@H]2CC[C@@H](C1)N2S(C)(=O)=O. The van der Waals surface area contributed by atoms with Crippen molar-refractivity contribution in [3.8, 4) is 0 Å². The molecule has 2 saturated heterocycles. The highest BCUT2D eigenvalue weighted by Crippen LogP contribution is 2.37. The normalized spacial score (nSPS) is 28.8. The third-order valence-electron chi connectivity index (χ3n) is 4.64. The summed E-state index contributed by atoms with van der Waals surface area (Å²) in [7, 11) is -3.17. The molecule has 3 heterocycles. The van der Waals surface area contributed by atoms with Crippen molar-refractivity contribution in [2.45, 2.75) is 57.7 Å². The Kier molecular flexibility index (Phi) is 3.76. The van der Waals surface area contributed by atoms with E-state index < -0.39 is 10.0 Å². The zero-order valence-electron chi connectivity index (χ0n) is 13.0. The fraction of sp³-hybridized carbons (Fsp3) is 0.714. The molecular weight excluding hydrogens is 306 g/mol. The van der Waals surface area contributed by atoms with Crippen LogP contribution in [0.15, 0.2) is 4.52 Å². The summed E-state index contributed by atoms with van der Waals surface area (Å²) in [5, 5.41) is 6.81. The summed E-state index contributed by atoms with van der Waals surface area (Å²) in [5.74, 6) is 0.319. The van der Waals surface area contributed by atoms with Gasteiger partial charge in [-0.1, -0.05) is 5.16 Å². The lowest BCUT2D eigenvalue weighted by Crippen LogP contribution is -2.52. The highest BCUT2D eigenvalue weighted by Gasteiger charge is 2.45. The summed E-state index contributed by atoms with van der Waals surface area (Å²) in [6.45, 7) is 3.45. The van der Waals surface area contributed by atoms with E-state index in [0.29, 0.717) is 29.9 Å². The van der Waals surface area contributed by atoms with Crippen molar-refractivity contribution in [3.63, 3.8) is 0 Å². The zero-order chi connectivity index (χ0) is 16.1. The summed E-state index contributed by atoms with van der Waals surface area (Å²) in [6.07, 6.45) is 4.34. The second kappa shape index (κ2) is 5.34. The summed E-state index contributed by atoms with van der Waals surface area (Å²) in [6, 6.07) is 0.00383. The lowest BCUT2D eigenvalue weighted by molar-refractivity contribution is 0.0907. The second-order valence-corrected chi connectivity index (χ2v) is 8.21. The first-order chi connectivity index (χ1) is 10.3. The van der Waals surface area contributed by atoms with Crippen molar-refractivity contribution in [1.82, 2.24) is 14.8 Å². The summed E-state index contributed by atoms with van der Waals surface area (Å²) in [4.78, 5) is 12.4. The lowest BCUT2D eigenvalue weighted by atomic mass is 9.99. The van der Waals surface area contributed by atoms with Crippen LogP contribution in [0, 0.1) is 13.8 Å². The number of carbonyl (C=O) groups is 1. The van der Waals surface area contributed by atoms with E-state index in [1.807, 2.05) is 0 Å². The number of hydrogen-bond donors (Lipinski definition) is 1. The van der Waals surface area contributed by atoms with Crippen molar-refractivity contribution in [3.05, 3.63) is 17.0 Å². The molecule has 1 unspecified atom stereocenters. The van der Waals surface area contributed by atoms with Gasteiger partial charge in [-0.25, -0.2) is 8.42 Å². The first kappa shape index (κ1) is 15.5. The van der Waals surface area contributed by atoms with Gasteiger partial charge in [0.05, 0.1) is 11.9 Å². The Bertz CT molecular complexity index is 663. The van der Waals surface area contributed by atoms with Gasteiger partial charge < -0.3 is 9.84 Å². The predicted octanol–water partition coefficient (Wildman–Crippen LogP) is 0.976. The fourth-order valence-electron chi connectivity index (χ4n) is 3.86. The van der Waals surface area contributed by atoms with E-state index in [9.17, 15) is 13.2 Å². The van der Waals surface area contributed by atoms with Gasteiger partial charge in [0, 0.05) is 18.1 Å². The molecule has 7 nitrogen and oxygen atoms in total. The topological polar surface area (TPSA) is 92.5 Å². The molecule has 2 bridgehead atoms. The van der Waals surface area contributed by atoms with Crippen molar-refractivity contribution in [2.75, 3.05) is 6.26 Å². The average Bonchev–Trinajstić information content (AvgIpc) is 2.87. The monoisotopic (exact) mass is 327 g/mol. The number of piperidine rings is 1. The van der Waals surface area contributed by atoms with E-state index in [1.165, 1.54) is 6.26 Å². The van der Waals surface area contributed by atoms with Crippen molar-refractivity contribution < 1.29 is 17.7 Å². The highest BCUT2D eigenvalue weighted by atomic mass is 32.2. The molecule has 1 aromatic heterocycles. The number of fused-ring (bicyclic) bond motifs is 2. The molecule has 0 radical (unpaired) electrons. The molecule has 0 saturated carbocycles. The molecule has 0 spiro atoms. The maximum atomic E-state index is 12.4. The Morgan fingerprint density at radius 1 is 1.27 bits per heavy atom. The van der Waals surface area contributed by atoms with Gasteiger partial charge in [-0.2, -0.15) is 4.31 Å². The van der Waals surface area contributed by atoms with Crippen molar-refractivity contribution >= 4 is 15.9 Å². The van der Waals surface area contributed by atoms with Crippen LogP contribution in [0.4, 0.5) is 0 Å². The molecule has 3 atom stereocenters. The van der Waals surface area contributed by atoms with Crippen LogP contribution in [-0.2, 0) is 10.0 Å². The Morgan fingerprint density at radius 3 is 2.32 bits per heavy atom. The van der Waals surface area contributed by atoms with E-state index in [2.05, 4.69) is 10.5 Å².